The number of carbonyl (C=O) groups is 1. The summed E-state index contributed by atoms with van der Waals surface area (Å²) in [5.74, 6) is 0.148. The molecule has 0 N–H and O–H groups in total. The zero-order valence-corrected chi connectivity index (χ0v) is 14.3. The maximum Gasteiger partial charge on any atom is 0.228 e. The Bertz CT molecular complexity index is 596. The van der Waals surface area contributed by atoms with Gasteiger partial charge in [0, 0.05) is 38.3 Å². The molecule has 0 aliphatic rings. The van der Waals surface area contributed by atoms with Crippen LogP contribution in [0, 0.1) is 0 Å². The van der Waals surface area contributed by atoms with E-state index in [0.717, 1.165) is 18.8 Å². The van der Waals surface area contributed by atoms with E-state index in [-0.39, 0.29) is 5.91 Å². The van der Waals surface area contributed by atoms with Crippen molar-refractivity contribution >= 4 is 11.6 Å². The summed E-state index contributed by atoms with van der Waals surface area (Å²) in [4.78, 5) is 16.5. The molecule has 0 unspecified atom stereocenters. The first-order valence-corrected chi connectivity index (χ1v) is 8.17. The maximum absolute atomic E-state index is 12.4. The zero-order valence-electron chi connectivity index (χ0n) is 14.3. The standard InChI is InChI=1S/C20H26N2O/c1-17(2)22(16-18-10-6-4-7-11-18)15-14-20(23)21(3)19-12-8-5-9-13-19/h4-13,17H,14-16H2,1-3H3. The molecule has 0 radical (unpaired) electrons. The van der Waals surface area contributed by atoms with Crippen molar-refractivity contribution in [1.29, 1.82) is 0 Å². The van der Waals surface area contributed by atoms with Crippen molar-refractivity contribution in [3.8, 4) is 0 Å². The number of nitrogens with zero attached hydrogens (tertiary/aromatic N) is 2. The minimum absolute atomic E-state index is 0.148. The van der Waals surface area contributed by atoms with Crippen LogP contribution in [0.25, 0.3) is 0 Å². The number of rotatable bonds is 7. The van der Waals surface area contributed by atoms with Crippen LogP contribution in [0.4, 0.5) is 5.69 Å². The van der Waals surface area contributed by atoms with Crippen molar-refractivity contribution in [2.45, 2.75) is 32.9 Å². The molecule has 0 heterocycles. The second-order valence-corrected chi connectivity index (χ2v) is 6.09. The molecule has 0 bridgehead atoms. The van der Waals surface area contributed by atoms with Crippen molar-refractivity contribution in [3.05, 3.63) is 66.2 Å². The molecule has 0 aromatic heterocycles. The van der Waals surface area contributed by atoms with Crippen molar-refractivity contribution in [3.63, 3.8) is 0 Å². The first-order chi connectivity index (χ1) is 11.1. The molecule has 0 fully saturated rings. The van der Waals surface area contributed by atoms with Crippen LogP contribution in [0.3, 0.4) is 0 Å². The van der Waals surface area contributed by atoms with Crippen LogP contribution in [-0.2, 0) is 11.3 Å². The Morgan fingerprint density at radius 2 is 1.52 bits per heavy atom. The first-order valence-electron chi connectivity index (χ1n) is 8.17. The lowest BCUT2D eigenvalue weighted by Crippen LogP contribution is -2.35. The Hall–Kier alpha value is -2.13. The number of amides is 1. The highest BCUT2D eigenvalue weighted by atomic mass is 16.2. The molecular formula is C20H26N2O. The lowest BCUT2D eigenvalue weighted by Gasteiger charge is -2.27. The summed E-state index contributed by atoms with van der Waals surface area (Å²) in [5, 5.41) is 0. The number of para-hydroxylation sites is 1. The highest BCUT2D eigenvalue weighted by molar-refractivity contribution is 5.92. The lowest BCUT2D eigenvalue weighted by atomic mass is 10.1. The van der Waals surface area contributed by atoms with Crippen molar-refractivity contribution < 1.29 is 4.79 Å². The average molecular weight is 310 g/mol. The minimum atomic E-state index is 0.148. The molecule has 1 amide bonds. The van der Waals surface area contributed by atoms with Crippen molar-refractivity contribution in [1.82, 2.24) is 4.90 Å². The molecule has 0 saturated carbocycles. The molecule has 2 aromatic carbocycles. The van der Waals surface area contributed by atoms with Crippen LogP contribution in [-0.4, -0.2) is 30.4 Å². The molecule has 0 aliphatic heterocycles. The van der Waals surface area contributed by atoms with Crippen molar-refractivity contribution in [2.75, 3.05) is 18.5 Å². The van der Waals surface area contributed by atoms with E-state index in [0.29, 0.717) is 12.5 Å². The molecule has 0 spiro atoms. The number of benzene rings is 2. The fraction of sp³-hybridized carbons (Fsp3) is 0.350. The van der Waals surface area contributed by atoms with Gasteiger partial charge in [-0.05, 0) is 31.5 Å². The molecular weight excluding hydrogens is 284 g/mol. The summed E-state index contributed by atoms with van der Waals surface area (Å²) in [6, 6.07) is 20.6. The van der Waals surface area contributed by atoms with Gasteiger partial charge in [0.25, 0.3) is 0 Å². The molecule has 0 aliphatic carbocycles. The lowest BCUT2D eigenvalue weighted by molar-refractivity contribution is -0.118. The predicted molar refractivity (Wildman–Crippen MR) is 96.5 cm³/mol. The van der Waals surface area contributed by atoms with Gasteiger partial charge in [0.15, 0.2) is 0 Å². The zero-order chi connectivity index (χ0) is 16.7. The number of anilines is 1. The average Bonchev–Trinajstić information content (AvgIpc) is 2.59. The van der Waals surface area contributed by atoms with E-state index in [1.807, 2.05) is 43.4 Å². The van der Waals surface area contributed by atoms with E-state index in [9.17, 15) is 4.79 Å². The molecule has 2 rings (SSSR count). The van der Waals surface area contributed by atoms with E-state index in [4.69, 9.17) is 0 Å². The topological polar surface area (TPSA) is 23.6 Å². The first kappa shape index (κ1) is 17.2. The van der Waals surface area contributed by atoms with Crippen LogP contribution in [0.5, 0.6) is 0 Å². The van der Waals surface area contributed by atoms with Crippen LogP contribution in [0.1, 0.15) is 25.8 Å². The van der Waals surface area contributed by atoms with Gasteiger partial charge in [-0.3, -0.25) is 9.69 Å². The molecule has 0 saturated heterocycles. The predicted octanol–water partition coefficient (Wildman–Crippen LogP) is 3.95. The molecule has 122 valence electrons. The molecule has 3 heteroatoms. The largest absolute Gasteiger partial charge is 0.315 e. The van der Waals surface area contributed by atoms with Gasteiger partial charge in [-0.15, -0.1) is 0 Å². The van der Waals surface area contributed by atoms with Crippen LogP contribution < -0.4 is 4.90 Å². The fourth-order valence-electron chi connectivity index (χ4n) is 2.54. The van der Waals surface area contributed by atoms with Crippen LogP contribution in [0.2, 0.25) is 0 Å². The normalized spacial score (nSPS) is 11.0. The Morgan fingerprint density at radius 3 is 2.09 bits per heavy atom. The second kappa shape index (κ2) is 8.49. The van der Waals surface area contributed by atoms with Crippen LogP contribution >= 0.6 is 0 Å². The maximum atomic E-state index is 12.4. The van der Waals surface area contributed by atoms with Gasteiger partial charge < -0.3 is 4.90 Å². The third-order valence-corrected chi connectivity index (χ3v) is 4.09. The molecule has 2 aromatic rings. The monoisotopic (exact) mass is 310 g/mol. The Labute approximate surface area is 139 Å². The van der Waals surface area contributed by atoms with Gasteiger partial charge in [-0.25, -0.2) is 0 Å². The van der Waals surface area contributed by atoms with E-state index in [2.05, 4.69) is 43.0 Å². The summed E-state index contributed by atoms with van der Waals surface area (Å²) in [6.45, 7) is 5.99. The highest BCUT2D eigenvalue weighted by Gasteiger charge is 2.15. The SMILES string of the molecule is CC(C)N(CCC(=O)N(C)c1ccccc1)Cc1ccccc1. The molecule has 23 heavy (non-hydrogen) atoms. The summed E-state index contributed by atoms with van der Waals surface area (Å²) >= 11 is 0. The molecule has 3 nitrogen and oxygen atoms in total. The van der Waals surface area contributed by atoms with Gasteiger partial charge in [0.05, 0.1) is 0 Å². The van der Waals surface area contributed by atoms with Crippen LogP contribution in [0.15, 0.2) is 60.7 Å². The smallest absolute Gasteiger partial charge is 0.228 e. The summed E-state index contributed by atoms with van der Waals surface area (Å²) in [7, 11) is 1.84. The van der Waals surface area contributed by atoms with E-state index < -0.39 is 0 Å². The van der Waals surface area contributed by atoms with E-state index in [1.165, 1.54) is 5.56 Å². The van der Waals surface area contributed by atoms with Gasteiger partial charge in [-0.1, -0.05) is 48.5 Å². The van der Waals surface area contributed by atoms with E-state index in [1.54, 1.807) is 4.90 Å². The number of hydrogen-bond donors (Lipinski definition) is 0. The number of carbonyl (C=O) groups excluding carboxylic acids is 1. The van der Waals surface area contributed by atoms with Gasteiger partial charge in [0.2, 0.25) is 5.91 Å². The van der Waals surface area contributed by atoms with E-state index >= 15 is 0 Å². The third-order valence-electron chi connectivity index (χ3n) is 4.09. The third kappa shape index (κ3) is 5.22. The highest BCUT2D eigenvalue weighted by Crippen LogP contribution is 2.14. The Balaban J connectivity index is 1.92. The Morgan fingerprint density at radius 1 is 0.957 bits per heavy atom. The van der Waals surface area contributed by atoms with Crippen molar-refractivity contribution in [2.24, 2.45) is 0 Å². The summed E-state index contributed by atoms with van der Waals surface area (Å²) in [5.41, 5.74) is 2.22. The molecule has 0 atom stereocenters. The Kier molecular flexibility index (Phi) is 6.36. The minimum Gasteiger partial charge on any atom is -0.315 e. The summed E-state index contributed by atoms with van der Waals surface area (Å²) in [6.07, 6.45) is 0.524. The second-order valence-electron chi connectivity index (χ2n) is 6.09. The van der Waals surface area contributed by atoms with Gasteiger partial charge in [0.1, 0.15) is 0 Å². The fourth-order valence-corrected chi connectivity index (χ4v) is 2.54. The van der Waals surface area contributed by atoms with Gasteiger partial charge in [-0.2, -0.15) is 0 Å². The summed E-state index contributed by atoms with van der Waals surface area (Å²) < 4.78 is 0. The number of hydrogen-bond acceptors (Lipinski definition) is 2. The quantitative estimate of drug-likeness (QED) is 0.773. The van der Waals surface area contributed by atoms with Gasteiger partial charge >= 0.3 is 0 Å².